The minimum Gasteiger partial charge on any atom is -0.508 e. The van der Waals surface area contributed by atoms with Gasteiger partial charge in [0.25, 0.3) is 0 Å². The Balaban J connectivity index is -0.000000463. The van der Waals surface area contributed by atoms with Crippen LogP contribution >= 0.6 is 0 Å². The topological polar surface area (TPSA) is 61.1 Å². The van der Waals surface area contributed by atoms with Crippen LogP contribution in [0, 0.1) is 129 Å². The number of ether oxygens (including phenoxy) is 3. The maximum Gasteiger partial charge on any atom is 0.245 e. The summed E-state index contributed by atoms with van der Waals surface area (Å²) in [6.45, 7) is 117. The fourth-order valence-corrected chi connectivity index (χ4v) is 14.9. The second-order valence-corrected chi connectivity index (χ2v) is 62.9. The van der Waals surface area contributed by atoms with Gasteiger partial charge in [0.05, 0.1) is 27.6 Å². The van der Waals surface area contributed by atoms with Gasteiger partial charge in [-0.1, -0.05) is 433 Å². The van der Waals surface area contributed by atoms with Gasteiger partial charge in [0.1, 0.15) is 36.8 Å². The summed E-state index contributed by atoms with van der Waals surface area (Å²) >= 11 is 0. The van der Waals surface area contributed by atoms with Crippen LogP contribution in [0.1, 0.15) is 412 Å². The molecule has 1 N–H and O–H groups in total. The van der Waals surface area contributed by atoms with Gasteiger partial charge in [0.15, 0.2) is 0 Å². The van der Waals surface area contributed by atoms with E-state index in [0.717, 1.165) is 105 Å². The highest BCUT2D eigenvalue weighted by atomic mass is 28.3. The normalized spacial score (nSPS) is 15.5. The molecule has 4 atom stereocenters. The first-order chi connectivity index (χ1) is 60.9. The third kappa shape index (κ3) is 95.2. The Bertz CT molecular complexity index is 4010. The highest BCUT2D eigenvalue weighted by molar-refractivity contribution is 6.83. The zero-order valence-electron chi connectivity index (χ0n) is 101. The van der Waals surface area contributed by atoms with Gasteiger partial charge in [-0.05, 0) is 273 Å². The third-order valence-electron chi connectivity index (χ3n) is 19.7. The van der Waals surface area contributed by atoms with Crippen LogP contribution in [0.3, 0.4) is 0 Å². The highest BCUT2D eigenvalue weighted by Crippen LogP contribution is 2.64. The number of furan rings is 1. The van der Waals surface area contributed by atoms with Gasteiger partial charge in [-0.25, -0.2) is 8.78 Å². The van der Waals surface area contributed by atoms with Gasteiger partial charge >= 0.3 is 0 Å². The molecule has 2 aliphatic rings. The minimum atomic E-state index is -2.52. The van der Waals surface area contributed by atoms with Crippen molar-refractivity contribution in [1.29, 1.82) is 0 Å². The van der Waals surface area contributed by atoms with Crippen LogP contribution in [0.5, 0.6) is 23.0 Å². The van der Waals surface area contributed by atoms with Crippen molar-refractivity contribution < 1.29 is 32.5 Å². The van der Waals surface area contributed by atoms with E-state index in [2.05, 4.69) is 434 Å². The summed E-state index contributed by atoms with van der Waals surface area (Å²) in [5.41, 5.74) is 18.7. The molecule has 0 saturated heterocycles. The van der Waals surface area contributed by atoms with Gasteiger partial charge in [-0.15, -0.1) is 23.8 Å². The lowest BCUT2D eigenvalue weighted by molar-refractivity contribution is -0.0169. The number of phenols is 1. The summed E-state index contributed by atoms with van der Waals surface area (Å²) < 4.78 is 44.9. The maximum absolute atomic E-state index is 12.2. The standard InChI is InChI=1S/2C14H26.3C12H18O.C11H16O.C11H16.C10H20Si.C9H14O.C7H14F2.C7H12.2C5H12/c2*1-10(2)8-11-12(14(11,6)7)9-13(3,4)5;3*1-12(2,3)9-10-5-7-11(13-4)8-6-10;1-11(2,3)8-9-4-6-10(12)7-5-9;1-11(2,3)9-10-7-5-4-6-8-10;1-10(2,3)8-7-9-11(4,5)6;1-9(2,3)7-8-5-4-6-10-8;1-6(2,3)5-7(4,8)9;1-5-6-7(2,3)4;2*1-5(2,3)4/h2*8,11-12H,9H2,1-7H3;3*5-8H,9H2,1-4H3;4-7,12H,8H2,1-3H3;4-8H,9H2,1-3H3;8H2,1-6H3;4-6H,7H2,1-3H3;5H2,1-4H3;1H,6H2,2-4H3;2*1-4H3. The van der Waals surface area contributed by atoms with E-state index < -0.39 is 14.0 Å². The molecule has 0 amide bonds. The number of benzene rings is 5. The van der Waals surface area contributed by atoms with Gasteiger partial charge in [-0.3, -0.25) is 0 Å². The zero-order chi connectivity index (χ0) is 109. The molecule has 786 valence electrons. The Morgan fingerprint density at radius 2 is 0.613 bits per heavy atom. The van der Waals surface area contributed by atoms with Crippen molar-refractivity contribution in [3.05, 3.63) is 203 Å². The van der Waals surface area contributed by atoms with Crippen LogP contribution in [0.4, 0.5) is 8.78 Å². The molecule has 0 spiro atoms. The molecule has 5 nitrogen and oxygen atoms in total. The molecule has 0 aliphatic heterocycles. The fourth-order valence-electron chi connectivity index (χ4n) is 14.3. The number of halogens is 2. The van der Waals surface area contributed by atoms with E-state index in [0.29, 0.717) is 81.6 Å². The van der Waals surface area contributed by atoms with E-state index >= 15 is 0 Å². The summed E-state index contributed by atoms with van der Waals surface area (Å²) in [6.07, 6.45) is 22.8. The quantitative estimate of drug-likeness (QED) is 0.0669. The van der Waals surface area contributed by atoms with Crippen LogP contribution in [-0.2, 0) is 38.5 Å². The average Bonchev–Trinajstić information content (AvgIpc) is 1.58. The monoisotopic (exact) mass is 1920 g/mol. The molecule has 4 unspecified atom stereocenters. The third-order valence-corrected chi connectivity index (χ3v) is 20.7. The van der Waals surface area contributed by atoms with E-state index in [1.54, 1.807) is 39.7 Å². The molecule has 2 aliphatic carbocycles. The smallest absolute Gasteiger partial charge is 0.245 e. The summed E-state index contributed by atoms with van der Waals surface area (Å²) in [6, 6.07) is 46.9. The lowest BCUT2D eigenvalue weighted by atomic mass is 9.87. The van der Waals surface area contributed by atoms with Gasteiger partial charge < -0.3 is 23.7 Å². The Morgan fingerprint density at radius 1 is 0.358 bits per heavy atom. The molecule has 5 aromatic carbocycles. The molecule has 8 rings (SSSR count). The highest BCUT2D eigenvalue weighted by Gasteiger charge is 2.57. The number of phenolic OH excluding ortho intramolecular Hbond substituents is 1. The molecular formula is C129H222F2O5Si. The van der Waals surface area contributed by atoms with E-state index in [1.165, 1.54) is 51.8 Å². The Kier molecular flexibility index (Phi) is 61.4. The Hall–Kier alpha value is -6.74. The summed E-state index contributed by atoms with van der Waals surface area (Å²) in [5, 5.41) is 9.05. The summed E-state index contributed by atoms with van der Waals surface area (Å²) in [5.74, 6) is 11.0. The van der Waals surface area contributed by atoms with Crippen LogP contribution in [-0.4, -0.2) is 40.4 Å². The molecule has 0 bridgehead atoms. The van der Waals surface area contributed by atoms with E-state index in [4.69, 9.17) is 30.2 Å². The minimum absolute atomic E-state index is 0.0417. The van der Waals surface area contributed by atoms with Crippen molar-refractivity contribution in [2.24, 2.45) is 105 Å². The average molecular weight is 1920 g/mol. The molecule has 2 fully saturated rings. The predicted octanol–water partition coefficient (Wildman–Crippen LogP) is 40.8. The number of hydrogen-bond acceptors (Lipinski definition) is 5. The molecule has 2 saturated carbocycles. The number of terminal acetylenes is 1. The largest absolute Gasteiger partial charge is 0.508 e. The van der Waals surface area contributed by atoms with Crippen LogP contribution in [0.2, 0.25) is 19.6 Å². The Morgan fingerprint density at radius 3 is 0.788 bits per heavy atom. The lowest BCUT2D eigenvalue weighted by Gasteiger charge is -2.22. The van der Waals surface area contributed by atoms with Crippen molar-refractivity contribution in [2.45, 2.75) is 442 Å². The first-order valence-electron chi connectivity index (χ1n) is 51.3. The first kappa shape index (κ1) is 139. The SMILES string of the molecule is C#CCC(C)(C)C.CC(C)(C)C.CC(C)(C)C.CC(C)(C)CC#C[Si](C)(C)C.CC(C)(C)CC(C)(F)F.CC(C)(C)Cc1ccc(O)cc1.CC(C)(C)Cc1ccccc1.CC(C)(C)Cc1ccco1.CC(C)=CC1C(CC(C)(C)C)C1(C)C.CC(C)=CC1C(CC(C)(C)C)C1(C)C.COc1ccc(CC(C)(C)C)cc1.COc1ccc(CC(C)(C)C)cc1.COc1ccc(CC(C)(C)C)cc1. The number of aromatic hydroxyl groups is 1. The summed E-state index contributed by atoms with van der Waals surface area (Å²) in [4.78, 5) is 0. The van der Waals surface area contributed by atoms with Gasteiger partial charge in [0, 0.05) is 25.7 Å². The predicted molar refractivity (Wildman–Crippen MR) is 613 cm³/mol. The molecule has 1 heterocycles. The zero-order valence-corrected chi connectivity index (χ0v) is 102. The fraction of sp³-hybridized carbons (Fsp3) is 0.674. The van der Waals surface area contributed by atoms with Crippen molar-refractivity contribution >= 4 is 8.07 Å². The number of alkyl halides is 2. The molecule has 137 heavy (non-hydrogen) atoms. The molecule has 6 aromatic rings. The lowest BCUT2D eigenvalue weighted by Crippen LogP contribution is -2.20. The number of allylic oxidation sites excluding steroid dienone is 4. The second kappa shape index (κ2) is 60.6. The number of hydrogen-bond donors (Lipinski definition) is 1. The van der Waals surface area contributed by atoms with Crippen LogP contribution in [0.25, 0.3) is 0 Å². The maximum atomic E-state index is 12.2. The van der Waals surface area contributed by atoms with Crippen molar-refractivity contribution in [3.63, 3.8) is 0 Å². The van der Waals surface area contributed by atoms with E-state index in [-0.39, 0.29) is 11.8 Å². The van der Waals surface area contributed by atoms with E-state index in [1.807, 2.05) is 81.4 Å². The van der Waals surface area contributed by atoms with E-state index in [9.17, 15) is 8.78 Å². The number of rotatable bonds is 14. The molecular weight excluding hydrogens is 1700 g/mol. The first-order valence-corrected chi connectivity index (χ1v) is 54.8. The van der Waals surface area contributed by atoms with Gasteiger partial charge in [0.2, 0.25) is 5.92 Å². The van der Waals surface area contributed by atoms with Crippen molar-refractivity contribution in [1.82, 2.24) is 0 Å². The van der Waals surface area contributed by atoms with Gasteiger partial charge in [-0.2, -0.15) is 0 Å². The van der Waals surface area contributed by atoms with Crippen molar-refractivity contribution in [3.8, 4) is 46.8 Å². The van der Waals surface area contributed by atoms with Crippen molar-refractivity contribution in [2.75, 3.05) is 21.3 Å². The second-order valence-electron chi connectivity index (χ2n) is 58.2. The molecule has 1 aromatic heterocycles. The molecule has 8 heteroatoms. The van der Waals surface area contributed by atoms with Crippen LogP contribution < -0.4 is 14.2 Å². The van der Waals surface area contributed by atoms with Crippen LogP contribution in [0.15, 0.2) is 174 Å². The Labute approximate surface area is 853 Å². The molecule has 0 radical (unpaired) electrons. The number of methoxy groups -OCH3 is 3. The summed E-state index contributed by atoms with van der Waals surface area (Å²) in [7, 11) is 3.96.